The van der Waals surface area contributed by atoms with Crippen molar-refractivity contribution in [2.45, 2.75) is 0 Å². The highest BCUT2D eigenvalue weighted by atomic mass is 16.8. The maximum Gasteiger partial charge on any atom is 0.811 e. The molecule has 1 N–H and O–H groups in total. The molecule has 0 aromatic carbocycles. The van der Waals surface area contributed by atoms with E-state index in [1.165, 1.54) is 12.5 Å². The molecule has 9 heavy (non-hydrogen) atoms. The Morgan fingerprint density at radius 1 is 1.33 bits per heavy atom. The predicted octanol–water partition coefficient (Wildman–Crippen LogP) is -1.88. The number of nitrogens with one attached hydrogen (secondary N) is 1. The minimum Gasteiger partial charge on any atom is -0.598 e. The summed E-state index contributed by atoms with van der Waals surface area (Å²) in [6.45, 7) is -1.11. The Hall–Kier alpha value is -0.965. The van der Waals surface area contributed by atoms with Gasteiger partial charge in [-0.25, -0.2) is 0 Å². The van der Waals surface area contributed by atoms with Crippen LogP contribution in [0, 0.1) is 0 Å². The minimum absolute atomic E-state index is 0.529. The summed E-state index contributed by atoms with van der Waals surface area (Å²) in [4.78, 5) is 2.84. The molecule has 5 heteroatoms. The van der Waals surface area contributed by atoms with Crippen LogP contribution in [0.2, 0.25) is 0 Å². The first kappa shape index (κ1) is 4.87. The molecule has 0 aliphatic carbocycles. The van der Waals surface area contributed by atoms with Gasteiger partial charge in [0, 0.05) is 0 Å². The van der Waals surface area contributed by atoms with Gasteiger partial charge in [0.05, 0.1) is 19.1 Å². The standard InChI is InChI=1S/C4H6BNO3/c1-2-7-5(6-1)8-3-4-9-5/h1,3-4,6H,2H2. The van der Waals surface area contributed by atoms with E-state index in [0.29, 0.717) is 6.61 Å². The van der Waals surface area contributed by atoms with E-state index in [-0.39, 0.29) is 0 Å². The normalized spacial score (nSPS) is 26.7. The predicted molar refractivity (Wildman–Crippen MR) is 30.0 cm³/mol. The Labute approximate surface area is 52.2 Å². The van der Waals surface area contributed by atoms with Crippen LogP contribution in [0.15, 0.2) is 12.5 Å². The van der Waals surface area contributed by atoms with E-state index in [9.17, 15) is 0 Å². The summed E-state index contributed by atoms with van der Waals surface area (Å²) in [5, 5.41) is 0. The molecule has 2 aliphatic heterocycles. The Morgan fingerprint density at radius 2 is 2.11 bits per heavy atom. The average molecular weight is 127 g/mol. The van der Waals surface area contributed by atoms with E-state index in [0.717, 1.165) is 0 Å². The van der Waals surface area contributed by atoms with Crippen molar-refractivity contribution in [1.82, 2.24) is 0 Å². The topological polar surface area (TPSA) is 41.7 Å². The van der Waals surface area contributed by atoms with Gasteiger partial charge in [0.2, 0.25) is 0 Å². The molecule has 48 valence electrons. The average Bonchev–Trinajstić information content (AvgIpc) is 2.45. The summed E-state index contributed by atoms with van der Waals surface area (Å²) >= 11 is 0. The first-order valence-corrected chi connectivity index (χ1v) is 2.79. The molecule has 0 amide bonds. The van der Waals surface area contributed by atoms with Crippen molar-refractivity contribution >= 4 is 13.1 Å². The van der Waals surface area contributed by atoms with Gasteiger partial charge in [-0.1, -0.05) is 0 Å². The zero-order valence-electron chi connectivity index (χ0n) is 4.74. The molecule has 0 aromatic heterocycles. The van der Waals surface area contributed by atoms with Crippen molar-refractivity contribution in [1.29, 1.82) is 0 Å². The highest BCUT2D eigenvalue weighted by molar-refractivity contribution is 6.52. The largest absolute Gasteiger partial charge is 0.811 e. The summed E-state index contributed by atoms with van der Waals surface area (Å²) < 4.78 is 15.1. The van der Waals surface area contributed by atoms with Gasteiger partial charge in [0.15, 0.2) is 0 Å². The van der Waals surface area contributed by atoms with Crippen LogP contribution in [0.3, 0.4) is 0 Å². The molecule has 4 nitrogen and oxygen atoms in total. The van der Waals surface area contributed by atoms with Crippen molar-refractivity contribution in [3.8, 4) is 0 Å². The van der Waals surface area contributed by atoms with E-state index in [4.69, 9.17) is 14.0 Å². The molecule has 2 heterocycles. The molecule has 0 saturated heterocycles. The smallest absolute Gasteiger partial charge is 0.598 e. The molecule has 2 rings (SSSR count). The quantitative estimate of drug-likeness (QED) is 0.387. The molecule has 0 fully saturated rings. The van der Waals surface area contributed by atoms with Crippen molar-refractivity contribution in [3.63, 3.8) is 0 Å². The lowest BCUT2D eigenvalue weighted by Crippen LogP contribution is -2.88. The second-order valence-electron chi connectivity index (χ2n) is 1.89. The molecule has 0 unspecified atom stereocenters. The third-order valence-corrected chi connectivity index (χ3v) is 1.29. The van der Waals surface area contributed by atoms with Gasteiger partial charge in [0.25, 0.3) is 0 Å². The first-order chi connectivity index (χ1) is 4.41. The van der Waals surface area contributed by atoms with Crippen molar-refractivity contribution in [2.24, 2.45) is 0 Å². The number of rotatable bonds is 0. The zero-order chi connectivity index (χ0) is 6.16. The van der Waals surface area contributed by atoms with E-state index < -0.39 is 6.89 Å². The molecule has 0 radical (unpaired) electrons. The first-order valence-electron chi connectivity index (χ1n) is 2.79. The molecule has 0 bridgehead atoms. The Balaban J connectivity index is 2.17. The van der Waals surface area contributed by atoms with Gasteiger partial charge in [-0.15, -0.1) is 0 Å². The fourth-order valence-corrected chi connectivity index (χ4v) is 0.876. The molecule has 0 atom stereocenters. The molecule has 2 aliphatic rings. The molecular formula is C4H6BNO3. The minimum atomic E-state index is -1.64. The fourth-order valence-electron chi connectivity index (χ4n) is 0.876. The SMILES string of the molecule is C1=CO[B-]2([NH+]=CCO2)O1. The van der Waals surface area contributed by atoms with E-state index >= 15 is 0 Å². The maximum atomic E-state index is 5.09. The van der Waals surface area contributed by atoms with Crippen molar-refractivity contribution in [3.05, 3.63) is 12.5 Å². The second-order valence-corrected chi connectivity index (χ2v) is 1.89. The van der Waals surface area contributed by atoms with Gasteiger partial charge >= 0.3 is 6.89 Å². The molecule has 1 spiro atoms. The van der Waals surface area contributed by atoms with E-state index in [2.05, 4.69) is 4.90 Å². The summed E-state index contributed by atoms with van der Waals surface area (Å²) in [5.74, 6) is 0. The molecule has 0 saturated carbocycles. The maximum absolute atomic E-state index is 5.09. The van der Waals surface area contributed by atoms with Gasteiger partial charge in [-0.2, -0.15) is 0 Å². The van der Waals surface area contributed by atoms with Crippen LogP contribution in [0.1, 0.15) is 0 Å². The third-order valence-electron chi connectivity index (χ3n) is 1.29. The lowest BCUT2D eigenvalue weighted by Gasteiger charge is -2.16. The van der Waals surface area contributed by atoms with Crippen molar-refractivity contribution in [2.75, 3.05) is 6.61 Å². The van der Waals surface area contributed by atoms with Gasteiger partial charge in [-0.05, 0) is 0 Å². The summed E-state index contributed by atoms with van der Waals surface area (Å²) in [5.41, 5.74) is 0. The van der Waals surface area contributed by atoms with Crippen LogP contribution in [0.5, 0.6) is 0 Å². The number of hydrogen-bond donors (Lipinski definition) is 1. The highest BCUT2D eigenvalue weighted by Crippen LogP contribution is 2.08. The van der Waals surface area contributed by atoms with Crippen LogP contribution >= 0.6 is 0 Å². The van der Waals surface area contributed by atoms with Crippen LogP contribution in [-0.2, 0) is 14.0 Å². The lowest BCUT2D eigenvalue weighted by atomic mass is 10.0. The van der Waals surface area contributed by atoms with E-state index in [1.807, 2.05) is 0 Å². The summed E-state index contributed by atoms with van der Waals surface area (Å²) in [7, 11) is 0. The third kappa shape index (κ3) is 0.615. The lowest BCUT2D eigenvalue weighted by molar-refractivity contribution is -0.357. The van der Waals surface area contributed by atoms with Gasteiger partial charge in [-0.3, -0.25) is 0 Å². The zero-order valence-corrected chi connectivity index (χ0v) is 4.74. The Kier molecular flexibility index (Phi) is 0.816. The van der Waals surface area contributed by atoms with Gasteiger partial charge in [0.1, 0.15) is 6.21 Å². The van der Waals surface area contributed by atoms with Crippen LogP contribution in [0.4, 0.5) is 0 Å². The van der Waals surface area contributed by atoms with Crippen LogP contribution in [-0.4, -0.2) is 19.7 Å². The van der Waals surface area contributed by atoms with E-state index in [1.54, 1.807) is 6.21 Å². The molecular weight excluding hydrogens is 121 g/mol. The number of hydrogen-bond acceptors (Lipinski definition) is 3. The Bertz CT molecular complexity index is 171. The van der Waals surface area contributed by atoms with Gasteiger partial charge < -0.3 is 18.9 Å². The highest BCUT2D eigenvalue weighted by Gasteiger charge is 2.48. The summed E-state index contributed by atoms with van der Waals surface area (Å²) in [6.07, 6.45) is 4.69. The fraction of sp³-hybridized carbons (Fsp3) is 0.250. The Morgan fingerprint density at radius 3 is 2.67 bits per heavy atom. The second kappa shape index (κ2) is 1.51. The van der Waals surface area contributed by atoms with Crippen molar-refractivity contribution < 1.29 is 18.9 Å². The molecule has 0 aromatic rings. The van der Waals surface area contributed by atoms with Crippen LogP contribution in [0.25, 0.3) is 0 Å². The van der Waals surface area contributed by atoms with Crippen LogP contribution < -0.4 is 4.90 Å². The monoisotopic (exact) mass is 127 g/mol. The summed E-state index contributed by atoms with van der Waals surface area (Å²) in [6, 6.07) is 0.